The number of amides is 1. The average molecular weight is 232 g/mol. The van der Waals surface area contributed by atoms with E-state index in [0.29, 0.717) is 18.7 Å². The number of oxazole rings is 1. The smallest absolute Gasteiger partial charge is 0.412 e. The summed E-state index contributed by atoms with van der Waals surface area (Å²) in [4.78, 5) is 15.3. The number of hydrogen-bond donors (Lipinski definition) is 1. The Morgan fingerprint density at radius 1 is 1.35 bits per heavy atom. The normalized spacial score (nSPS) is 9.88. The summed E-state index contributed by atoms with van der Waals surface area (Å²) >= 11 is 0. The van der Waals surface area contributed by atoms with Crippen molar-refractivity contribution in [1.82, 2.24) is 10.3 Å². The molecule has 0 aliphatic carbocycles. The molecule has 5 nitrogen and oxygen atoms in total. The lowest BCUT2D eigenvalue weighted by Crippen LogP contribution is -2.28. The molecule has 0 atom stereocenters. The highest BCUT2D eigenvalue weighted by atomic mass is 16.6. The van der Waals surface area contributed by atoms with Gasteiger partial charge in [-0.3, -0.25) is 0 Å². The van der Waals surface area contributed by atoms with Crippen LogP contribution >= 0.6 is 0 Å². The lowest BCUT2D eigenvalue weighted by molar-refractivity contribution is 0.200. The summed E-state index contributed by atoms with van der Waals surface area (Å²) in [5, 5.41) is 2.63. The van der Waals surface area contributed by atoms with Gasteiger partial charge in [0.05, 0.1) is 5.69 Å². The molecule has 0 radical (unpaired) electrons. The standard InChI is InChI=1S/C12H12N2O3/c15-12(17-11-4-2-1-3-5-11)13-7-6-10-8-16-9-14-10/h1-5,8-9H,6-7H2,(H,13,15). The van der Waals surface area contributed by atoms with Crippen molar-refractivity contribution in [2.75, 3.05) is 6.54 Å². The van der Waals surface area contributed by atoms with Crippen LogP contribution in [-0.4, -0.2) is 17.6 Å². The van der Waals surface area contributed by atoms with Gasteiger partial charge in [-0.15, -0.1) is 0 Å². The number of carbonyl (C=O) groups is 1. The Bertz CT molecular complexity index is 454. The Balaban J connectivity index is 1.71. The topological polar surface area (TPSA) is 64.4 Å². The SMILES string of the molecule is O=C(NCCc1cocn1)Oc1ccccc1. The second kappa shape index (κ2) is 5.69. The molecule has 5 heteroatoms. The van der Waals surface area contributed by atoms with Crippen molar-refractivity contribution in [3.8, 4) is 5.75 Å². The first kappa shape index (κ1) is 11.2. The van der Waals surface area contributed by atoms with Gasteiger partial charge in [-0.25, -0.2) is 9.78 Å². The van der Waals surface area contributed by atoms with E-state index in [2.05, 4.69) is 10.3 Å². The molecule has 0 fully saturated rings. The zero-order chi connectivity index (χ0) is 11.9. The van der Waals surface area contributed by atoms with Crippen LogP contribution in [0.1, 0.15) is 5.69 Å². The van der Waals surface area contributed by atoms with Gasteiger partial charge in [0.25, 0.3) is 0 Å². The summed E-state index contributed by atoms with van der Waals surface area (Å²) in [6, 6.07) is 8.90. The Labute approximate surface area is 98.4 Å². The molecule has 1 aromatic heterocycles. The molecule has 0 saturated carbocycles. The monoisotopic (exact) mass is 232 g/mol. The van der Waals surface area contributed by atoms with Crippen LogP contribution < -0.4 is 10.1 Å². The number of hydrogen-bond acceptors (Lipinski definition) is 4. The number of nitrogens with one attached hydrogen (secondary N) is 1. The molecule has 0 aliphatic heterocycles. The lowest BCUT2D eigenvalue weighted by atomic mass is 10.3. The van der Waals surface area contributed by atoms with E-state index in [1.807, 2.05) is 6.07 Å². The number of ether oxygens (including phenoxy) is 1. The molecule has 1 heterocycles. The van der Waals surface area contributed by atoms with E-state index in [9.17, 15) is 4.79 Å². The second-order valence-electron chi connectivity index (χ2n) is 3.36. The van der Waals surface area contributed by atoms with E-state index < -0.39 is 6.09 Å². The van der Waals surface area contributed by atoms with Crippen LogP contribution in [0.5, 0.6) is 5.75 Å². The molecule has 88 valence electrons. The molecule has 17 heavy (non-hydrogen) atoms. The summed E-state index contributed by atoms with van der Waals surface area (Å²) in [7, 11) is 0. The zero-order valence-corrected chi connectivity index (χ0v) is 9.13. The van der Waals surface area contributed by atoms with Crippen molar-refractivity contribution >= 4 is 6.09 Å². The number of benzene rings is 1. The third-order valence-corrected chi connectivity index (χ3v) is 2.09. The van der Waals surface area contributed by atoms with Crippen LogP contribution in [0.25, 0.3) is 0 Å². The summed E-state index contributed by atoms with van der Waals surface area (Å²) in [6.45, 7) is 0.457. The fraction of sp³-hybridized carbons (Fsp3) is 0.167. The van der Waals surface area contributed by atoms with Crippen molar-refractivity contribution in [2.45, 2.75) is 6.42 Å². The van der Waals surface area contributed by atoms with Gasteiger partial charge in [-0.2, -0.15) is 0 Å². The van der Waals surface area contributed by atoms with Crippen LogP contribution in [0.2, 0.25) is 0 Å². The number of nitrogens with zero attached hydrogens (tertiary/aromatic N) is 1. The molecule has 0 spiro atoms. The van der Waals surface area contributed by atoms with Gasteiger partial charge in [-0.1, -0.05) is 18.2 Å². The number of aromatic nitrogens is 1. The van der Waals surface area contributed by atoms with E-state index in [0.717, 1.165) is 5.69 Å². The van der Waals surface area contributed by atoms with Crippen LogP contribution in [0.3, 0.4) is 0 Å². The maximum Gasteiger partial charge on any atom is 0.412 e. The summed E-state index contributed by atoms with van der Waals surface area (Å²) < 4.78 is 9.85. The minimum atomic E-state index is -0.473. The van der Waals surface area contributed by atoms with E-state index >= 15 is 0 Å². The summed E-state index contributed by atoms with van der Waals surface area (Å²) in [5.74, 6) is 0.520. The molecule has 0 saturated heterocycles. The van der Waals surface area contributed by atoms with E-state index in [1.165, 1.54) is 6.39 Å². The van der Waals surface area contributed by atoms with Crippen molar-refractivity contribution in [1.29, 1.82) is 0 Å². The molecule has 1 N–H and O–H groups in total. The predicted molar refractivity (Wildman–Crippen MR) is 60.7 cm³/mol. The zero-order valence-electron chi connectivity index (χ0n) is 9.13. The molecular formula is C12H12N2O3. The maximum absolute atomic E-state index is 11.4. The fourth-order valence-electron chi connectivity index (χ4n) is 1.29. The molecular weight excluding hydrogens is 220 g/mol. The van der Waals surface area contributed by atoms with E-state index in [4.69, 9.17) is 9.15 Å². The molecule has 2 aromatic rings. The highest BCUT2D eigenvalue weighted by molar-refractivity contribution is 5.70. The minimum absolute atomic E-state index is 0.457. The molecule has 0 bridgehead atoms. The Hall–Kier alpha value is -2.30. The van der Waals surface area contributed by atoms with Crippen LogP contribution in [0.4, 0.5) is 4.79 Å². The van der Waals surface area contributed by atoms with Crippen molar-refractivity contribution < 1.29 is 13.9 Å². The largest absolute Gasteiger partial charge is 0.451 e. The highest BCUT2D eigenvalue weighted by Crippen LogP contribution is 2.07. The first-order valence-corrected chi connectivity index (χ1v) is 5.22. The first-order chi connectivity index (χ1) is 8.34. The summed E-state index contributed by atoms with van der Waals surface area (Å²) in [6.07, 6.45) is 3.04. The predicted octanol–water partition coefficient (Wildman–Crippen LogP) is 2.01. The Morgan fingerprint density at radius 2 is 2.18 bits per heavy atom. The maximum atomic E-state index is 11.4. The Kier molecular flexibility index (Phi) is 3.75. The fourth-order valence-corrected chi connectivity index (χ4v) is 1.29. The first-order valence-electron chi connectivity index (χ1n) is 5.22. The average Bonchev–Trinajstić information content (AvgIpc) is 2.83. The number of carbonyl (C=O) groups excluding carboxylic acids is 1. The van der Waals surface area contributed by atoms with Crippen molar-refractivity contribution in [3.05, 3.63) is 48.7 Å². The third kappa shape index (κ3) is 3.64. The van der Waals surface area contributed by atoms with Crippen LogP contribution in [0, 0.1) is 0 Å². The van der Waals surface area contributed by atoms with E-state index in [1.54, 1.807) is 30.5 Å². The van der Waals surface area contributed by atoms with Crippen LogP contribution in [0.15, 0.2) is 47.4 Å². The minimum Gasteiger partial charge on any atom is -0.451 e. The van der Waals surface area contributed by atoms with Gasteiger partial charge in [0.1, 0.15) is 12.0 Å². The third-order valence-electron chi connectivity index (χ3n) is 2.09. The molecule has 0 unspecified atom stereocenters. The summed E-state index contributed by atoms with van der Waals surface area (Å²) in [5.41, 5.74) is 0.796. The van der Waals surface area contributed by atoms with Gasteiger partial charge < -0.3 is 14.5 Å². The van der Waals surface area contributed by atoms with Gasteiger partial charge >= 0.3 is 6.09 Å². The van der Waals surface area contributed by atoms with Gasteiger partial charge in [0.2, 0.25) is 0 Å². The van der Waals surface area contributed by atoms with E-state index in [-0.39, 0.29) is 0 Å². The van der Waals surface area contributed by atoms with Crippen molar-refractivity contribution in [3.63, 3.8) is 0 Å². The van der Waals surface area contributed by atoms with Gasteiger partial charge in [0.15, 0.2) is 6.39 Å². The lowest BCUT2D eigenvalue weighted by Gasteiger charge is -2.05. The van der Waals surface area contributed by atoms with Crippen LogP contribution in [-0.2, 0) is 6.42 Å². The van der Waals surface area contributed by atoms with Crippen molar-refractivity contribution in [2.24, 2.45) is 0 Å². The second-order valence-corrected chi connectivity index (χ2v) is 3.36. The molecule has 1 amide bonds. The quantitative estimate of drug-likeness (QED) is 0.875. The van der Waals surface area contributed by atoms with Gasteiger partial charge in [0, 0.05) is 13.0 Å². The Morgan fingerprint density at radius 3 is 2.88 bits per heavy atom. The molecule has 2 rings (SSSR count). The number of para-hydroxylation sites is 1. The molecule has 0 aliphatic rings. The number of rotatable bonds is 4. The molecule has 1 aromatic carbocycles. The van der Waals surface area contributed by atoms with Gasteiger partial charge in [-0.05, 0) is 12.1 Å². The highest BCUT2D eigenvalue weighted by Gasteiger charge is 2.03.